The van der Waals surface area contributed by atoms with Crippen molar-refractivity contribution < 1.29 is 18.7 Å². The van der Waals surface area contributed by atoms with Gasteiger partial charge in [-0.2, -0.15) is 4.68 Å². The van der Waals surface area contributed by atoms with Crippen LogP contribution in [0.4, 0.5) is 10.5 Å². The molecular formula is C21H21N3O5. The maximum absolute atomic E-state index is 12.5. The summed E-state index contributed by atoms with van der Waals surface area (Å²) in [5.74, 6) is -0.655. The van der Waals surface area contributed by atoms with Gasteiger partial charge in [0.2, 0.25) is 0 Å². The van der Waals surface area contributed by atoms with E-state index in [0.29, 0.717) is 11.4 Å². The van der Waals surface area contributed by atoms with Crippen molar-refractivity contribution in [3.63, 3.8) is 0 Å². The Labute approximate surface area is 167 Å². The average molecular weight is 395 g/mol. The van der Waals surface area contributed by atoms with Gasteiger partial charge in [0.25, 0.3) is 0 Å². The molecule has 0 aliphatic heterocycles. The van der Waals surface area contributed by atoms with Crippen LogP contribution in [0.15, 0.2) is 51.7 Å². The number of methoxy groups -OCH3 is 1. The van der Waals surface area contributed by atoms with E-state index in [1.807, 2.05) is 25.1 Å². The second-order valence-corrected chi connectivity index (χ2v) is 6.86. The van der Waals surface area contributed by atoms with Crippen LogP contribution in [0.25, 0.3) is 5.69 Å². The van der Waals surface area contributed by atoms with E-state index in [4.69, 9.17) is 13.9 Å². The van der Waals surface area contributed by atoms with E-state index in [0.717, 1.165) is 35.1 Å². The summed E-state index contributed by atoms with van der Waals surface area (Å²) in [7, 11) is 1.37. The van der Waals surface area contributed by atoms with E-state index in [-0.39, 0.29) is 12.2 Å². The summed E-state index contributed by atoms with van der Waals surface area (Å²) in [6.07, 6.45) is 1.91. The van der Waals surface area contributed by atoms with Gasteiger partial charge in [0.1, 0.15) is 6.10 Å². The first kappa shape index (κ1) is 18.8. The van der Waals surface area contributed by atoms with Crippen molar-refractivity contribution in [3.05, 3.63) is 69.7 Å². The van der Waals surface area contributed by atoms with Gasteiger partial charge in [-0.1, -0.05) is 29.4 Å². The van der Waals surface area contributed by atoms with E-state index < -0.39 is 11.8 Å². The lowest BCUT2D eigenvalue weighted by molar-refractivity contribution is 0.0999. The molecule has 8 heteroatoms. The number of carbonyl (C=O) groups is 1. The zero-order valence-corrected chi connectivity index (χ0v) is 16.2. The first-order valence-corrected chi connectivity index (χ1v) is 9.36. The number of benzene rings is 2. The molecule has 0 fully saturated rings. The summed E-state index contributed by atoms with van der Waals surface area (Å²) in [6, 6.07) is 13.1. The number of carbonyl (C=O) groups excluding carboxylic acids is 1. The van der Waals surface area contributed by atoms with Crippen molar-refractivity contribution in [2.45, 2.75) is 32.3 Å². The summed E-state index contributed by atoms with van der Waals surface area (Å²) in [4.78, 5) is 24.3. The fraction of sp³-hybridized carbons (Fsp3) is 0.286. The molecule has 1 aliphatic rings. The molecule has 0 radical (unpaired) electrons. The predicted octanol–water partition coefficient (Wildman–Crippen LogP) is 3.77. The van der Waals surface area contributed by atoms with Gasteiger partial charge in [-0.05, 0) is 61.1 Å². The zero-order valence-electron chi connectivity index (χ0n) is 16.2. The molecule has 4 rings (SSSR count). The van der Waals surface area contributed by atoms with Crippen molar-refractivity contribution in [3.8, 4) is 11.8 Å². The molecule has 150 valence electrons. The highest BCUT2D eigenvalue weighted by Crippen LogP contribution is 2.32. The molecule has 0 spiro atoms. The first-order chi connectivity index (χ1) is 14.0. The third-order valence-corrected chi connectivity index (χ3v) is 4.96. The molecular weight excluding hydrogens is 374 g/mol. The molecule has 0 saturated heterocycles. The molecule has 8 nitrogen and oxygen atoms in total. The lowest BCUT2D eigenvalue weighted by atomic mass is 9.89. The van der Waals surface area contributed by atoms with Crippen molar-refractivity contribution in [1.82, 2.24) is 9.78 Å². The minimum atomic E-state index is -0.655. The lowest BCUT2D eigenvalue weighted by Gasteiger charge is -2.25. The summed E-state index contributed by atoms with van der Waals surface area (Å²) in [6.45, 7) is 1.82. The van der Waals surface area contributed by atoms with Gasteiger partial charge in [0.05, 0.1) is 12.8 Å². The minimum Gasteiger partial charge on any atom is -0.452 e. The van der Waals surface area contributed by atoms with Crippen LogP contribution in [0.2, 0.25) is 0 Å². The quantitative estimate of drug-likeness (QED) is 0.722. The van der Waals surface area contributed by atoms with Gasteiger partial charge in [0, 0.05) is 5.69 Å². The molecule has 3 aromatic rings. The van der Waals surface area contributed by atoms with Crippen LogP contribution < -0.4 is 15.8 Å². The van der Waals surface area contributed by atoms with Crippen molar-refractivity contribution in [2.24, 2.45) is 0 Å². The van der Waals surface area contributed by atoms with Crippen LogP contribution in [0.5, 0.6) is 6.08 Å². The Morgan fingerprint density at radius 3 is 2.86 bits per heavy atom. The summed E-state index contributed by atoms with van der Waals surface area (Å²) in [5, 5.41) is 6.71. The number of nitrogens with one attached hydrogen (secondary N) is 1. The number of aryl methyl sites for hydroxylation is 2. The molecule has 0 saturated carbocycles. The molecule has 1 unspecified atom stereocenters. The Kier molecular flexibility index (Phi) is 5.07. The number of amides is 1. The van der Waals surface area contributed by atoms with Crippen molar-refractivity contribution >= 4 is 11.8 Å². The molecule has 1 aliphatic carbocycles. The monoisotopic (exact) mass is 395 g/mol. The van der Waals surface area contributed by atoms with Crippen LogP contribution in [0, 0.1) is 6.92 Å². The maximum Gasteiger partial charge on any atom is 0.444 e. The normalized spacial score (nSPS) is 15.4. The fourth-order valence-electron chi connectivity index (χ4n) is 3.53. The van der Waals surface area contributed by atoms with E-state index in [9.17, 15) is 9.59 Å². The SMILES string of the molecule is COc1nn(-c2ccc(NC(=O)OC3CCCc4ccccc43)c(C)c2)c(=O)o1. The number of hydrogen-bond acceptors (Lipinski definition) is 6. The number of fused-ring (bicyclic) bond motifs is 1. The highest BCUT2D eigenvalue weighted by atomic mass is 16.6. The van der Waals surface area contributed by atoms with Crippen LogP contribution in [0.3, 0.4) is 0 Å². The Balaban J connectivity index is 1.48. The standard InChI is InChI=1S/C21H21N3O5/c1-13-12-15(24-21(26)29-20(23-24)27-2)10-11-17(13)22-19(25)28-18-9-5-7-14-6-3-4-8-16(14)18/h3-4,6,8,10-12,18H,5,7,9H2,1-2H3,(H,22,25). The number of rotatable bonds is 4. The second kappa shape index (κ2) is 7.83. The van der Waals surface area contributed by atoms with Gasteiger partial charge < -0.3 is 13.9 Å². The highest BCUT2D eigenvalue weighted by Gasteiger charge is 2.23. The molecule has 1 N–H and O–H groups in total. The van der Waals surface area contributed by atoms with Gasteiger partial charge in [-0.3, -0.25) is 5.32 Å². The van der Waals surface area contributed by atoms with Gasteiger partial charge in [-0.15, -0.1) is 0 Å². The Morgan fingerprint density at radius 2 is 2.10 bits per heavy atom. The Bertz CT molecular complexity index is 1100. The molecule has 2 aromatic carbocycles. The number of aromatic nitrogens is 2. The van der Waals surface area contributed by atoms with Gasteiger partial charge >= 0.3 is 17.9 Å². The Morgan fingerprint density at radius 1 is 1.28 bits per heavy atom. The number of nitrogens with zero attached hydrogens (tertiary/aromatic N) is 2. The maximum atomic E-state index is 12.5. The largest absolute Gasteiger partial charge is 0.452 e. The fourth-order valence-corrected chi connectivity index (χ4v) is 3.53. The lowest BCUT2D eigenvalue weighted by Crippen LogP contribution is -2.21. The second-order valence-electron chi connectivity index (χ2n) is 6.86. The number of hydrogen-bond donors (Lipinski definition) is 1. The molecule has 1 aromatic heterocycles. The van der Waals surface area contributed by atoms with Gasteiger partial charge in [0.15, 0.2) is 0 Å². The number of ether oxygens (including phenoxy) is 2. The van der Waals surface area contributed by atoms with E-state index in [1.54, 1.807) is 18.2 Å². The molecule has 1 amide bonds. The van der Waals surface area contributed by atoms with E-state index in [1.165, 1.54) is 12.7 Å². The van der Waals surface area contributed by atoms with Crippen molar-refractivity contribution in [1.29, 1.82) is 0 Å². The van der Waals surface area contributed by atoms with Crippen molar-refractivity contribution in [2.75, 3.05) is 12.4 Å². The minimum absolute atomic E-state index is 0.119. The molecule has 29 heavy (non-hydrogen) atoms. The zero-order chi connectivity index (χ0) is 20.4. The van der Waals surface area contributed by atoms with Crippen LogP contribution >= 0.6 is 0 Å². The van der Waals surface area contributed by atoms with Crippen LogP contribution in [0.1, 0.15) is 35.6 Å². The molecule has 1 atom stereocenters. The summed E-state index contributed by atoms with van der Waals surface area (Å²) in [5.41, 5.74) is 4.13. The summed E-state index contributed by atoms with van der Waals surface area (Å²) < 4.78 is 16.4. The van der Waals surface area contributed by atoms with Crippen LogP contribution in [-0.2, 0) is 11.2 Å². The van der Waals surface area contributed by atoms with Gasteiger partial charge in [-0.25, -0.2) is 9.59 Å². The number of anilines is 1. The average Bonchev–Trinajstić information content (AvgIpc) is 3.10. The first-order valence-electron chi connectivity index (χ1n) is 9.36. The highest BCUT2D eigenvalue weighted by molar-refractivity contribution is 5.86. The van der Waals surface area contributed by atoms with E-state index in [2.05, 4.69) is 16.5 Å². The Hall–Kier alpha value is -3.55. The third kappa shape index (κ3) is 3.87. The summed E-state index contributed by atoms with van der Waals surface area (Å²) >= 11 is 0. The van der Waals surface area contributed by atoms with Crippen LogP contribution in [-0.4, -0.2) is 23.0 Å². The molecule has 0 bridgehead atoms. The molecule has 1 heterocycles. The van der Waals surface area contributed by atoms with E-state index >= 15 is 0 Å². The topological polar surface area (TPSA) is 95.6 Å². The predicted molar refractivity (Wildman–Crippen MR) is 106 cm³/mol. The third-order valence-electron chi connectivity index (χ3n) is 4.96. The smallest absolute Gasteiger partial charge is 0.444 e.